The van der Waals surface area contributed by atoms with Crippen molar-refractivity contribution < 1.29 is 0 Å². The van der Waals surface area contributed by atoms with Gasteiger partial charge in [-0.1, -0.05) is 36.5 Å². The highest BCUT2D eigenvalue weighted by molar-refractivity contribution is 7.16. The predicted octanol–water partition coefficient (Wildman–Crippen LogP) is 2.74. The van der Waals surface area contributed by atoms with Gasteiger partial charge in [0.05, 0.1) is 12.2 Å². The molecule has 0 saturated carbocycles. The van der Waals surface area contributed by atoms with Crippen molar-refractivity contribution in [3.63, 3.8) is 0 Å². The lowest BCUT2D eigenvalue weighted by molar-refractivity contribution is 0.791. The van der Waals surface area contributed by atoms with E-state index in [9.17, 15) is 4.79 Å². The van der Waals surface area contributed by atoms with Crippen LogP contribution in [0.15, 0.2) is 41.2 Å². The first-order valence-corrected chi connectivity index (χ1v) is 8.21. The van der Waals surface area contributed by atoms with E-state index in [0.717, 1.165) is 29.4 Å². The topological polar surface area (TPSA) is 50.5 Å². The normalized spacial score (nSPS) is 11.0. The molecule has 0 radical (unpaired) electrons. The number of hydrogen-bond donors (Lipinski definition) is 0. The number of aromatic nitrogens is 3. The summed E-state index contributed by atoms with van der Waals surface area (Å²) in [5, 5.41) is 5.20. The van der Waals surface area contributed by atoms with E-state index >= 15 is 0 Å². The molecule has 0 bridgehead atoms. The van der Waals surface area contributed by atoms with Crippen molar-refractivity contribution in [2.75, 3.05) is 11.4 Å². The van der Waals surface area contributed by atoms with Crippen LogP contribution < -0.4 is 10.5 Å². The number of hydrogen-bond acceptors (Lipinski definition) is 5. The van der Waals surface area contributed by atoms with Gasteiger partial charge in [-0.15, -0.1) is 0 Å². The van der Waals surface area contributed by atoms with Gasteiger partial charge in [0.25, 0.3) is 5.56 Å². The first-order chi connectivity index (χ1) is 10.7. The van der Waals surface area contributed by atoms with Crippen molar-refractivity contribution in [1.82, 2.24) is 14.6 Å². The van der Waals surface area contributed by atoms with Gasteiger partial charge in [0.15, 0.2) is 0 Å². The number of benzene rings is 1. The maximum Gasteiger partial charge on any atom is 0.275 e. The van der Waals surface area contributed by atoms with Gasteiger partial charge in [0.2, 0.25) is 4.96 Å². The van der Waals surface area contributed by atoms with Gasteiger partial charge in [0.1, 0.15) is 5.01 Å². The minimum absolute atomic E-state index is 0.111. The SMILES string of the molecule is CCc1nn2c(=O)cc(CN(CC)c3ccccc3)nc2s1. The Hall–Kier alpha value is -2.21. The van der Waals surface area contributed by atoms with E-state index < -0.39 is 0 Å². The van der Waals surface area contributed by atoms with Crippen LogP contribution in [0.3, 0.4) is 0 Å². The minimum Gasteiger partial charge on any atom is -0.366 e. The Morgan fingerprint density at radius 3 is 2.68 bits per heavy atom. The third kappa shape index (κ3) is 2.87. The Morgan fingerprint density at radius 2 is 2.00 bits per heavy atom. The summed E-state index contributed by atoms with van der Waals surface area (Å²) in [5.74, 6) is 0. The van der Waals surface area contributed by atoms with E-state index in [1.165, 1.54) is 15.9 Å². The molecule has 0 unspecified atom stereocenters. The standard InChI is InChI=1S/C16H18N4OS/c1-3-14-18-20-15(21)10-12(17-16(20)22-14)11-19(4-2)13-8-6-5-7-9-13/h5-10H,3-4,11H2,1-2H3. The highest BCUT2D eigenvalue weighted by Gasteiger charge is 2.11. The fraction of sp³-hybridized carbons (Fsp3) is 0.312. The summed E-state index contributed by atoms with van der Waals surface area (Å²) in [6, 6.07) is 11.7. The lowest BCUT2D eigenvalue weighted by Crippen LogP contribution is -2.24. The minimum atomic E-state index is -0.111. The second kappa shape index (κ2) is 6.27. The molecule has 0 N–H and O–H groups in total. The molecule has 1 aromatic carbocycles. The zero-order valence-electron chi connectivity index (χ0n) is 12.7. The predicted molar refractivity (Wildman–Crippen MR) is 89.7 cm³/mol. The number of aryl methyl sites for hydroxylation is 1. The lowest BCUT2D eigenvalue weighted by atomic mass is 10.2. The average molecular weight is 314 g/mol. The summed E-state index contributed by atoms with van der Waals surface area (Å²) in [7, 11) is 0. The van der Waals surface area contributed by atoms with Gasteiger partial charge < -0.3 is 4.90 Å². The van der Waals surface area contributed by atoms with Gasteiger partial charge in [-0.25, -0.2) is 4.98 Å². The van der Waals surface area contributed by atoms with E-state index in [2.05, 4.69) is 34.0 Å². The Kier molecular flexibility index (Phi) is 4.20. The highest BCUT2D eigenvalue weighted by Crippen LogP contribution is 2.17. The molecule has 5 nitrogen and oxygen atoms in total. The average Bonchev–Trinajstić information content (AvgIpc) is 2.97. The largest absolute Gasteiger partial charge is 0.366 e. The Bertz CT molecular complexity index is 825. The molecule has 0 amide bonds. The summed E-state index contributed by atoms with van der Waals surface area (Å²) in [6.45, 7) is 5.59. The van der Waals surface area contributed by atoms with Crippen molar-refractivity contribution in [2.45, 2.75) is 26.8 Å². The number of fused-ring (bicyclic) bond motifs is 1. The second-order valence-electron chi connectivity index (χ2n) is 4.98. The quantitative estimate of drug-likeness (QED) is 0.726. The van der Waals surface area contributed by atoms with Gasteiger partial charge in [0, 0.05) is 18.3 Å². The molecule has 22 heavy (non-hydrogen) atoms. The van der Waals surface area contributed by atoms with E-state index in [0.29, 0.717) is 11.5 Å². The fourth-order valence-corrected chi connectivity index (χ4v) is 3.20. The van der Waals surface area contributed by atoms with Gasteiger partial charge in [-0.3, -0.25) is 4.79 Å². The molecule has 3 rings (SSSR count). The smallest absolute Gasteiger partial charge is 0.275 e. The van der Waals surface area contributed by atoms with E-state index in [1.54, 1.807) is 6.07 Å². The van der Waals surface area contributed by atoms with Crippen molar-refractivity contribution >= 4 is 22.0 Å². The Labute approximate surface area is 132 Å². The lowest BCUT2D eigenvalue weighted by Gasteiger charge is -2.22. The summed E-state index contributed by atoms with van der Waals surface area (Å²) in [5.41, 5.74) is 1.80. The molecule has 0 atom stereocenters. The van der Waals surface area contributed by atoms with E-state index in [4.69, 9.17) is 0 Å². The monoisotopic (exact) mass is 314 g/mol. The van der Waals surface area contributed by atoms with Crippen molar-refractivity contribution in [3.8, 4) is 0 Å². The highest BCUT2D eigenvalue weighted by atomic mass is 32.1. The summed E-state index contributed by atoms with van der Waals surface area (Å²) < 4.78 is 1.39. The fourth-order valence-electron chi connectivity index (χ4n) is 2.34. The molecule has 6 heteroatoms. The van der Waals surface area contributed by atoms with Crippen molar-refractivity contribution in [3.05, 3.63) is 57.5 Å². The van der Waals surface area contributed by atoms with Gasteiger partial charge >= 0.3 is 0 Å². The summed E-state index contributed by atoms with van der Waals surface area (Å²) in [4.78, 5) is 19.6. The zero-order valence-corrected chi connectivity index (χ0v) is 13.5. The van der Waals surface area contributed by atoms with Crippen LogP contribution in [0.4, 0.5) is 5.69 Å². The third-order valence-electron chi connectivity index (χ3n) is 3.50. The molecule has 0 aliphatic rings. The third-order valence-corrected chi connectivity index (χ3v) is 4.55. The maximum absolute atomic E-state index is 12.2. The van der Waals surface area contributed by atoms with Crippen LogP contribution in [0.1, 0.15) is 24.5 Å². The van der Waals surface area contributed by atoms with E-state index in [1.807, 2.05) is 25.1 Å². The van der Waals surface area contributed by atoms with Crippen molar-refractivity contribution in [1.29, 1.82) is 0 Å². The second-order valence-corrected chi connectivity index (χ2v) is 6.02. The molecular weight excluding hydrogens is 296 g/mol. The van der Waals surface area contributed by atoms with Crippen LogP contribution in [-0.4, -0.2) is 21.1 Å². The molecule has 0 saturated heterocycles. The zero-order chi connectivity index (χ0) is 15.5. The first kappa shape index (κ1) is 14.7. The molecular formula is C16H18N4OS. The van der Waals surface area contributed by atoms with Crippen LogP contribution >= 0.6 is 11.3 Å². The number of anilines is 1. The van der Waals surface area contributed by atoms with Crippen LogP contribution in [0.25, 0.3) is 4.96 Å². The van der Waals surface area contributed by atoms with Gasteiger partial charge in [-0.05, 0) is 25.5 Å². The summed E-state index contributed by atoms with van der Waals surface area (Å²) >= 11 is 1.48. The molecule has 0 aliphatic heterocycles. The number of nitrogens with zero attached hydrogens (tertiary/aromatic N) is 4. The first-order valence-electron chi connectivity index (χ1n) is 7.40. The van der Waals surface area contributed by atoms with Crippen LogP contribution in [-0.2, 0) is 13.0 Å². The molecule has 0 fully saturated rings. The van der Waals surface area contributed by atoms with E-state index in [-0.39, 0.29) is 5.56 Å². The van der Waals surface area contributed by atoms with Crippen LogP contribution in [0.5, 0.6) is 0 Å². The number of rotatable bonds is 5. The molecule has 2 heterocycles. The Balaban J connectivity index is 1.94. The number of para-hydroxylation sites is 1. The Morgan fingerprint density at radius 1 is 1.23 bits per heavy atom. The molecule has 114 valence electrons. The molecule has 0 spiro atoms. The van der Waals surface area contributed by atoms with Crippen molar-refractivity contribution in [2.24, 2.45) is 0 Å². The summed E-state index contributed by atoms with van der Waals surface area (Å²) in [6.07, 6.45) is 0.813. The molecule has 2 aromatic heterocycles. The van der Waals surface area contributed by atoms with Gasteiger partial charge in [-0.2, -0.15) is 9.61 Å². The van der Waals surface area contributed by atoms with Crippen LogP contribution in [0.2, 0.25) is 0 Å². The van der Waals surface area contributed by atoms with Crippen LogP contribution in [0, 0.1) is 0 Å². The maximum atomic E-state index is 12.2. The molecule has 0 aliphatic carbocycles. The molecule has 3 aromatic rings.